The van der Waals surface area contributed by atoms with Crippen molar-refractivity contribution in [2.75, 3.05) is 5.32 Å². The average Bonchev–Trinajstić information content (AvgIpc) is 3.23. The van der Waals surface area contributed by atoms with Crippen LogP contribution < -0.4 is 5.32 Å². The lowest BCUT2D eigenvalue weighted by Gasteiger charge is -2.30. The third-order valence-corrected chi connectivity index (χ3v) is 6.73. The van der Waals surface area contributed by atoms with Gasteiger partial charge in [0.2, 0.25) is 0 Å². The first-order valence-electron chi connectivity index (χ1n) is 12.1. The van der Waals surface area contributed by atoms with Crippen LogP contribution in [-0.4, -0.2) is 22.1 Å². The summed E-state index contributed by atoms with van der Waals surface area (Å²) in [7, 11) is 0. The van der Waals surface area contributed by atoms with Gasteiger partial charge in [-0.05, 0) is 64.6 Å². The number of carbonyl (C=O) groups is 1. The van der Waals surface area contributed by atoms with Crippen molar-refractivity contribution in [1.82, 2.24) is 4.90 Å². The standard InChI is InChI=1S/C29H32F2N2O2/c1-17(2)24-11-19(12-25(18(3)4)28(24)34)16-33(23-13-20-7-5-6-8-21(20)14-23)29(35)32-27-10-9-22(30)15-26(27)31/h5-12,15,17-18,23,34H,13-14,16H2,1-4H3,(H,32,35). The minimum Gasteiger partial charge on any atom is -0.507 e. The molecule has 0 unspecified atom stereocenters. The predicted octanol–water partition coefficient (Wildman–Crippen LogP) is 7.12. The van der Waals surface area contributed by atoms with Crippen LogP contribution in [0.15, 0.2) is 54.6 Å². The number of nitrogens with zero attached hydrogens (tertiary/aromatic N) is 1. The lowest BCUT2D eigenvalue weighted by Crippen LogP contribution is -2.43. The van der Waals surface area contributed by atoms with Crippen LogP contribution in [0.2, 0.25) is 0 Å². The summed E-state index contributed by atoms with van der Waals surface area (Å²) >= 11 is 0. The van der Waals surface area contributed by atoms with Crippen LogP contribution in [0.5, 0.6) is 5.75 Å². The van der Waals surface area contributed by atoms with Crippen molar-refractivity contribution in [2.45, 2.75) is 65.0 Å². The minimum atomic E-state index is -0.818. The summed E-state index contributed by atoms with van der Waals surface area (Å²) in [6.45, 7) is 8.40. The van der Waals surface area contributed by atoms with Crippen LogP contribution in [0.25, 0.3) is 0 Å². The smallest absolute Gasteiger partial charge is 0.322 e. The van der Waals surface area contributed by atoms with Gasteiger partial charge in [-0.25, -0.2) is 13.6 Å². The highest BCUT2D eigenvalue weighted by atomic mass is 19.1. The van der Waals surface area contributed by atoms with Gasteiger partial charge in [-0.2, -0.15) is 0 Å². The van der Waals surface area contributed by atoms with E-state index in [0.29, 0.717) is 25.1 Å². The Morgan fingerprint density at radius 2 is 1.54 bits per heavy atom. The van der Waals surface area contributed by atoms with E-state index in [1.807, 2.05) is 52.0 Å². The highest BCUT2D eigenvalue weighted by Crippen LogP contribution is 2.36. The highest BCUT2D eigenvalue weighted by molar-refractivity contribution is 5.89. The van der Waals surface area contributed by atoms with Gasteiger partial charge in [0.05, 0.1) is 5.69 Å². The summed E-state index contributed by atoms with van der Waals surface area (Å²) in [5.74, 6) is -0.995. The number of urea groups is 1. The Morgan fingerprint density at radius 1 is 0.971 bits per heavy atom. The average molecular weight is 479 g/mol. The summed E-state index contributed by atoms with van der Waals surface area (Å²) in [6, 6.07) is 14.6. The lowest BCUT2D eigenvalue weighted by molar-refractivity contribution is 0.185. The topological polar surface area (TPSA) is 52.6 Å². The van der Waals surface area contributed by atoms with Gasteiger partial charge in [-0.1, -0.05) is 64.1 Å². The second kappa shape index (κ2) is 10.1. The van der Waals surface area contributed by atoms with Crippen molar-refractivity contribution in [3.05, 3.63) is 94.0 Å². The number of anilines is 1. The number of halogens is 2. The zero-order valence-electron chi connectivity index (χ0n) is 20.6. The van der Waals surface area contributed by atoms with E-state index in [0.717, 1.165) is 28.8 Å². The molecule has 0 aliphatic heterocycles. The molecule has 3 aromatic carbocycles. The molecule has 0 saturated carbocycles. The molecule has 1 aliphatic carbocycles. The lowest BCUT2D eigenvalue weighted by atomic mass is 9.91. The van der Waals surface area contributed by atoms with Gasteiger partial charge in [0, 0.05) is 18.7 Å². The number of carbonyl (C=O) groups excluding carboxylic acids is 1. The molecule has 0 atom stereocenters. The summed E-state index contributed by atoms with van der Waals surface area (Å²) in [6.07, 6.45) is 1.39. The second-order valence-electron chi connectivity index (χ2n) is 9.95. The maximum absolute atomic E-state index is 14.3. The van der Waals surface area contributed by atoms with Gasteiger partial charge in [0.25, 0.3) is 0 Å². The molecule has 0 bridgehead atoms. The number of phenols is 1. The van der Waals surface area contributed by atoms with E-state index >= 15 is 0 Å². The van der Waals surface area contributed by atoms with Crippen molar-refractivity contribution in [2.24, 2.45) is 0 Å². The number of hydrogen-bond acceptors (Lipinski definition) is 2. The van der Waals surface area contributed by atoms with Gasteiger partial charge < -0.3 is 15.3 Å². The van der Waals surface area contributed by atoms with Gasteiger partial charge >= 0.3 is 6.03 Å². The molecule has 4 rings (SSSR count). The summed E-state index contributed by atoms with van der Waals surface area (Å²) in [5.41, 5.74) is 4.91. The largest absolute Gasteiger partial charge is 0.507 e. The third-order valence-electron chi connectivity index (χ3n) is 6.73. The van der Waals surface area contributed by atoms with Gasteiger partial charge in [-0.15, -0.1) is 0 Å². The van der Waals surface area contributed by atoms with Crippen molar-refractivity contribution in [1.29, 1.82) is 0 Å². The van der Waals surface area contributed by atoms with E-state index in [2.05, 4.69) is 17.4 Å². The molecule has 4 nitrogen and oxygen atoms in total. The number of hydrogen-bond donors (Lipinski definition) is 2. The fourth-order valence-corrected chi connectivity index (χ4v) is 4.81. The quantitative estimate of drug-likeness (QED) is 0.396. The Balaban J connectivity index is 1.69. The zero-order valence-corrected chi connectivity index (χ0v) is 20.6. The SMILES string of the molecule is CC(C)c1cc(CN(C(=O)Nc2ccc(F)cc2F)C2Cc3ccccc3C2)cc(C(C)C)c1O. The predicted molar refractivity (Wildman–Crippen MR) is 135 cm³/mol. The van der Waals surface area contributed by atoms with E-state index in [4.69, 9.17) is 0 Å². The first kappa shape index (κ1) is 24.7. The van der Waals surface area contributed by atoms with Crippen LogP contribution in [0.1, 0.15) is 67.3 Å². The molecule has 0 saturated heterocycles. The van der Waals surface area contributed by atoms with Gasteiger partial charge in [0.15, 0.2) is 0 Å². The van der Waals surface area contributed by atoms with E-state index in [-0.39, 0.29) is 23.6 Å². The summed E-state index contributed by atoms with van der Waals surface area (Å²) in [4.78, 5) is 15.2. The van der Waals surface area contributed by atoms with Crippen molar-refractivity contribution >= 4 is 11.7 Å². The number of rotatable bonds is 6. The Hall–Kier alpha value is -3.41. The van der Waals surface area contributed by atoms with E-state index in [1.165, 1.54) is 17.2 Å². The molecule has 3 aromatic rings. The molecule has 0 radical (unpaired) electrons. The Labute approximate surface area is 205 Å². The number of phenolic OH excluding ortho intramolecular Hbond substituents is 1. The fourth-order valence-electron chi connectivity index (χ4n) is 4.81. The van der Waals surface area contributed by atoms with Crippen molar-refractivity contribution < 1.29 is 18.7 Å². The summed E-state index contributed by atoms with van der Waals surface area (Å²) in [5, 5.41) is 13.5. The van der Waals surface area contributed by atoms with Crippen molar-refractivity contribution in [3.8, 4) is 5.75 Å². The molecule has 184 valence electrons. The number of aromatic hydroxyl groups is 1. The van der Waals surface area contributed by atoms with Gasteiger partial charge in [-0.3, -0.25) is 0 Å². The molecule has 0 aromatic heterocycles. The monoisotopic (exact) mass is 478 g/mol. The number of benzene rings is 3. The van der Waals surface area contributed by atoms with E-state index in [9.17, 15) is 18.7 Å². The second-order valence-corrected chi connectivity index (χ2v) is 9.95. The van der Waals surface area contributed by atoms with Crippen LogP contribution in [0, 0.1) is 11.6 Å². The normalized spacial score (nSPS) is 13.4. The zero-order chi connectivity index (χ0) is 25.3. The highest BCUT2D eigenvalue weighted by Gasteiger charge is 2.31. The number of nitrogens with one attached hydrogen (secondary N) is 1. The number of amides is 2. The van der Waals surface area contributed by atoms with Crippen LogP contribution in [0.4, 0.5) is 19.3 Å². The molecule has 0 fully saturated rings. The molecule has 6 heteroatoms. The molecule has 35 heavy (non-hydrogen) atoms. The molecule has 0 spiro atoms. The van der Waals surface area contributed by atoms with Crippen LogP contribution >= 0.6 is 0 Å². The molecule has 1 aliphatic rings. The molecule has 0 heterocycles. The van der Waals surface area contributed by atoms with E-state index in [1.54, 1.807) is 4.90 Å². The maximum Gasteiger partial charge on any atom is 0.322 e. The van der Waals surface area contributed by atoms with E-state index < -0.39 is 17.7 Å². The minimum absolute atomic E-state index is 0.0617. The first-order valence-corrected chi connectivity index (χ1v) is 12.1. The first-order chi connectivity index (χ1) is 16.6. The summed E-state index contributed by atoms with van der Waals surface area (Å²) < 4.78 is 27.7. The van der Waals surface area contributed by atoms with Gasteiger partial charge in [0.1, 0.15) is 17.4 Å². The van der Waals surface area contributed by atoms with Crippen LogP contribution in [-0.2, 0) is 19.4 Å². The third kappa shape index (κ3) is 5.31. The molecular weight excluding hydrogens is 446 g/mol. The molecule has 2 amide bonds. The Kier molecular flexibility index (Phi) is 7.10. The van der Waals surface area contributed by atoms with Crippen LogP contribution in [0.3, 0.4) is 0 Å². The number of fused-ring (bicyclic) bond motifs is 1. The maximum atomic E-state index is 14.3. The fraction of sp³-hybridized carbons (Fsp3) is 0.345. The Morgan fingerprint density at radius 3 is 2.06 bits per heavy atom. The molecular formula is C29H32F2N2O2. The molecule has 2 N–H and O–H groups in total. The Bertz CT molecular complexity index is 1190. The van der Waals surface area contributed by atoms with Crippen molar-refractivity contribution in [3.63, 3.8) is 0 Å².